The quantitative estimate of drug-likeness (QED) is 0.0222. The van der Waals surface area contributed by atoms with Crippen LogP contribution in [0, 0.1) is 11.8 Å². The molecule has 0 aliphatic carbocycles. The van der Waals surface area contributed by atoms with Crippen LogP contribution in [0.25, 0.3) is 0 Å². The molecule has 0 aromatic heterocycles. The van der Waals surface area contributed by atoms with Crippen LogP contribution in [0.2, 0.25) is 0 Å². The van der Waals surface area contributed by atoms with Crippen LogP contribution in [0.1, 0.15) is 408 Å². The molecule has 0 saturated heterocycles. The molecule has 576 valence electrons. The Labute approximate surface area is 594 Å². The van der Waals surface area contributed by atoms with Crippen molar-refractivity contribution in [3.8, 4) is 0 Å². The number of aliphatic hydroxyl groups excluding tert-OH is 1. The first-order chi connectivity index (χ1) is 46.9. The smallest absolute Gasteiger partial charge is 0.462 e. The van der Waals surface area contributed by atoms with Crippen LogP contribution in [-0.4, -0.2) is 96.7 Å². The third kappa shape index (κ3) is 70.9. The van der Waals surface area contributed by atoms with E-state index >= 15 is 0 Å². The van der Waals surface area contributed by atoms with Crippen molar-refractivity contribution < 1.29 is 80.2 Å². The van der Waals surface area contributed by atoms with Crippen molar-refractivity contribution in [3.63, 3.8) is 0 Å². The van der Waals surface area contributed by atoms with Gasteiger partial charge in [0.15, 0.2) is 12.2 Å². The van der Waals surface area contributed by atoms with Crippen LogP contribution in [0.4, 0.5) is 0 Å². The van der Waals surface area contributed by atoms with E-state index < -0.39 is 97.5 Å². The fraction of sp³-hybridized carbons (Fsp3) is 0.949. The minimum Gasteiger partial charge on any atom is -0.462 e. The first kappa shape index (κ1) is 95.1. The van der Waals surface area contributed by atoms with E-state index in [2.05, 4.69) is 41.5 Å². The number of phosphoric ester groups is 2. The normalized spacial score (nSPS) is 14.2. The van der Waals surface area contributed by atoms with Gasteiger partial charge in [-0.3, -0.25) is 37.3 Å². The van der Waals surface area contributed by atoms with E-state index in [1.54, 1.807) is 0 Å². The van der Waals surface area contributed by atoms with Crippen LogP contribution in [0.5, 0.6) is 0 Å². The maximum Gasteiger partial charge on any atom is 0.472 e. The van der Waals surface area contributed by atoms with Crippen LogP contribution >= 0.6 is 15.6 Å². The zero-order chi connectivity index (χ0) is 71.4. The maximum absolute atomic E-state index is 13.1. The molecule has 0 aromatic carbocycles. The minimum absolute atomic E-state index is 0.105. The molecule has 0 aliphatic rings. The molecule has 6 atom stereocenters. The Morgan fingerprint density at radius 1 is 0.299 bits per heavy atom. The number of phosphoric acid groups is 2. The monoisotopic (exact) mass is 1420 g/mol. The average molecular weight is 1420 g/mol. The van der Waals surface area contributed by atoms with Gasteiger partial charge in [0.05, 0.1) is 26.4 Å². The van der Waals surface area contributed by atoms with Gasteiger partial charge in [-0.25, -0.2) is 9.13 Å². The molecular weight excluding hydrogens is 1270 g/mol. The third-order valence-electron chi connectivity index (χ3n) is 18.6. The van der Waals surface area contributed by atoms with Crippen molar-refractivity contribution in [2.45, 2.75) is 426 Å². The summed E-state index contributed by atoms with van der Waals surface area (Å²) in [5, 5.41) is 10.6. The van der Waals surface area contributed by atoms with E-state index in [0.717, 1.165) is 102 Å². The summed E-state index contributed by atoms with van der Waals surface area (Å²) in [4.78, 5) is 72.9. The predicted octanol–water partition coefficient (Wildman–Crippen LogP) is 23.1. The fourth-order valence-corrected chi connectivity index (χ4v) is 13.6. The van der Waals surface area contributed by atoms with Gasteiger partial charge in [-0.05, 0) is 37.5 Å². The molecule has 3 N–H and O–H groups in total. The second-order valence-corrected chi connectivity index (χ2v) is 31.7. The summed E-state index contributed by atoms with van der Waals surface area (Å²) in [6.45, 7) is 9.63. The summed E-state index contributed by atoms with van der Waals surface area (Å²) in [6.07, 6.45) is 58.1. The number of unbranched alkanes of at least 4 members (excludes halogenated alkanes) is 46. The molecule has 97 heavy (non-hydrogen) atoms. The van der Waals surface area contributed by atoms with E-state index in [1.165, 1.54) is 225 Å². The maximum atomic E-state index is 13.1. The van der Waals surface area contributed by atoms with Gasteiger partial charge < -0.3 is 33.8 Å². The second-order valence-electron chi connectivity index (χ2n) is 28.8. The summed E-state index contributed by atoms with van der Waals surface area (Å²) in [7, 11) is -9.91. The molecule has 0 fully saturated rings. The molecule has 17 nitrogen and oxygen atoms in total. The Bertz CT molecular complexity index is 1870. The van der Waals surface area contributed by atoms with Gasteiger partial charge in [-0.1, -0.05) is 356 Å². The Morgan fingerprint density at radius 3 is 0.784 bits per heavy atom. The van der Waals surface area contributed by atoms with Crippen molar-refractivity contribution in [1.29, 1.82) is 0 Å². The number of rotatable bonds is 77. The molecule has 0 amide bonds. The average Bonchev–Trinajstić information content (AvgIpc) is 1.62. The Morgan fingerprint density at radius 2 is 0.526 bits per heavy atom. The zero-order valence-electron chi connectivity index (χ0n) is 63.4. The Balaban J connectivity index is 5.25. The summed E-state index contributed by atoms with van der Waals surface area (Å²) in [5.74, 6) is -0.552. The highest BCUT2D eigenvalue weighted by atomic mass is 31.2. The van der Waals surface area contributed by atoms with E-state index in [9.17, 15) is 43.2 Å². The summed E-state index contributed by atoms with van der Waals surface area (Å²) < 4.78 is 68.6. The first-order valence-electron chi connectivity index (χ1n) is 40.5. The fourth-order valence-electron chi connectivity index (χ4n) is 12.0. The van der Waals surface area contributed by atoms with Gasteiger partial charge in [0.2, 0.25) is 0 Å². The van der Waals surface area contributed by atoms with E-state index in [0.29, 0.717) is 25.7 Å². The zero-order valence-corrected chi connectivity index (χ0v) is 65.2. The highest BCUT2D eigenvalue weighted by molar-refractivity contribution is 7.47. The van der Waals surface area contributed by atoms with Crippen molar-refractivity contribution in [1.82, 2.24) is 0 Å². The molecule has 3 unspecified atom stereocenters. The van der Waals surface area contributed by atoms with Crippen molar-refractivity contribution in [2.24, 2.45) is 11.8 Å². The number of hydrogen-bond acceptors (Lipinski definition) is 15. The SMILES string of the molecule is CCCCCCCCCCCCCCCCCCCCC(=O)O[C@H](COC(=O)CCCCCCCCCCCCCCCC(C)C)COP(=O)(O)OC[C@@H](O)COP(=O)(O)OC[C@@H](COC(=O)CCCCCCCCCCCCC)OC(=O)CCCCCCCCCCC(C)CC. The summed E-state index contributed by atoms with van der Waals surface area (Å²) in [5.41, 5.74) is 0. The molecule has 0 spiro atoms. The lowest BCUT2D eigenvalue weighted by Gasteiger charge is -2.21. The topological polar surface area (TPSA) is 237 Å². The van der Waals surface area contributed by atoms with Crippen LogP contribution in [0.15, 0.2) is 0 Å². The molecule has 0 heterocycles. The van der Waals surface area contributed by atoms with Gasteiger partial charge in [-0.2, -0.15) is 0 Å². The minimum atomic E-state index is -4.96. The highest BCUT2D eigenvalue weighted by Gasteiger charge is 2.30. The van der Waals surface area contributed by atoms with Crippen LogP contribution < -0.4 is 0 Å². The van der Waals surface area contributed by atoms with Crippen molar-refractivity contribution in [3.05, 3.63) is 0 Å². The van der Waals surface area contributed by atoms with Gasteiger partial charge in [0, 0.05) is 25.7 Å². The molecule has 0 aromatic rings. The number of esters is 4. The Kier molecular flexibility index (Phi) is 68.4. The largest absolute Gasteiger partial charge is 0.472 e. The number of ether oxygens (including phenoxy) is 4. The van der Waals surface area contributed by atoms with Crippen LogP contribution in [0.3, 0.4) is 0 Å². The van der Waals surface area contributed by atoms with Gasteiger partial charge in [-0.15, -0.1) is 0 Å². The first-order valence-corrected chi connectivity index (χ1v) is 43.5. The number of carbonyl (C=O) groups excluding carboxylic acids is 4. The lowest BCUT2D eigenvalue weighted by molar-refractivity contribution is -0.161. The third-order valence-corrected chi connectivity index (χ3v) is 20.5. The van der Waals surface area contributed by atoms with Gasteiger partial charge in [0.25, 0.3) is 0 Å². The van der Waals surface area contributed by atoms with E-state index in [-0.39, 0.29) is 25.7 Å². The molecule has 0 radical (unpaired) electrons. The summed E-state index contributed by atoms with van der Waals surface area (Å²) >= 11 is 0. The lowest BCUT2D eigenvalue weighted by atomic mass is 9.99. The second kappa shape index (κ2) is 69.8. The van der Waals surface area contributed by atoms with Gasteiger partial charge in [0.1, 0.15) is 19.3 Å². The van der Waals surface area contributed by atoms with E-state index in [1.807, 2.05) is 0 Å². The van der Waals surface area contributed by atoms with Crippen molar-refractivity contribution in [2.75, 3.05) is 39.6 Å². The molecule has 0 rings (SSSR count). The Hall–Kier alpha value is -1.94. The standard InChI is InChI=1S/C78H152O17P2/c1-7-10-12-14-16-18-20-21-22-23-24-25-28-33-37-44-50-56-62-77(82)94-73(66-89-76(81)61-55-49-43-36-32-29-26-27-31-34-40-46-52-58-70(4)5)68-92-96(84,85)90-64-72(79)65-91-97(86,87)93-69-74(67-88-75(80)60-54-48-42-35-30-19-17-15-13-11-8-2)95-78(83)63-57-51-45-39-38-41-47-53-59-71(6)9-3/h70-74,79H,7-69H2,1-6H3,(H,84,85)(H,86,87)/t71?,72-,73-,74-/m1/s1. The molecule has 0 bridgehead atoms. The highest BCUT2D eigenvalue weighted by Crippen LogP contribution is 2.45. The molecule has 0 saturated carbocycles. The van der Waals surface area contributed by atoms with Crippen molar-refractivity contribution >= 4 is 39.5 Å². The molecule has 19 heteroatoms. The lowest BCUT2D eigenvalue weighted by Crippen LogP contribution is -2.30. The van der Waals surface area contributed by atoms with Crippen LogP contribution in [-0.2, 0) is 65.4 Å². The number of aliphatic hydroxyl groups is 1. The van der Waals surface area contributed by atoms with Gasteiger partial charge >= 0.3 is 39.5 Å². The van der Waals surface area contributed by atoms with E-state index in [4.69, 9.17) is 37.0 Å². The molecular formula is C78H152O17P2. The molecule has 0 aliphatic heterocycles. The summed E-state index contributed by atoms with van der Waals surface area (Å²) in [6, 6.07) is 0. The predicted molar refractivity (Wildman–Crippen MR) is 395 cm³/mol. The number of carbonyl (C=O) groups is 4. The number of hydrogen-bond donors (Lipinski definition) is 3.